The summed E-state index contributed by atoms with van der Waals surface area (Å²) in [5, 5.41) is 21.5. The standard InChI is InChI=1S/C27H46O2/c1-17(2)6-11-25(28)18(3)23-9-10-24-22-8-7-19-16-26(4,29)14-12-20(19)21(22)13-15-27(23,24)5/h7,17-18,20-25,28-29H,6,8-16H2,1-5H3/t18-,20?,21+,22+,23+,24-,25+,26-,27+/m0/s1. The van der Waals surface area contributed by atoms with Crippen LogP contribution in [0.4, 0.5) is 0 Å². The van der Waals surface area contributed by atoms with E-state index < -0.39 is 5.60 Å². The second kappa shape index (κ2) is 7.97. The highest BCUT2D eigenvalue weighted by atomic mass is 16.3. The van der Waals surface area contributed by atoms with Crippen LogP contribution in [0.1, 0.15) is 98.8 Å². The van der Waals surface area contributed by atoms with Crippen molar-refractivity contribution in [3.05, 3.63) is 11.6 Å². The van der Waals surface area contributed by atoms with E-state index in [1.165, 1.54) is 38.5 Å². The zero-order valence-electron chi connectivity index (χ0n) is 19.7. The molecule has 0 aliphatic heterocycles. The maximum atomic E-state index is 10.9. The molecule has 2 N–H and O–H groups in total. The molecule has 3 fully saturated rings. The molecule has 0 aromatic heterocycles. The first-order valence-electron chi connectivity index (χ1n) is 12.7. The molecule has 4 aliphatic carbocycles. The monoisotopic (exact) mass is 402 g/mol. The van der Waals surface area contributed by atoms with Crippen molar-refractivity contribution in [2.75, 3.05) is 0 Å². The van der Waals surface area contributed by atoms with E-state index in [0.29, 0.717) is 23.2 Å². The SMILES string of the molecule is CC(C)CC[C@@H](O)[C@@H](C)[C@H]1CC[C@H]2[C@@H]3CC=C4C[C@@](C)(O)CCC4[C@H]3CC[C@]12C. The summed E-state index contributed by atoms with van der Waals surface area (Å²) in [6, 6.07) is 0. The average molecular weight is 403 g/mol. The molecule has 4 aliphatic rings. The number of fused-ring (bicyclic) bond motifs is 5. The van der Waals surface area contributed by atoms with Crippen LogP contribution >= 0.6 is 0 Å². The summed E-state index contributed by atoms with van der Waals surface area (Å²) >= 11 is 0. The van der Waals surface area contributed by atoms with Gasteiger partial charge in [0.25, 0.3) is 0 Å². The quantitative estimate of drug-likeness (QED) is 0.525. The van der Waals surface area contributed by atoms with Crippen LogP contribution in [0.5, 0.6) is 0 Å². The third kappa shape index (κ3) is 3.98. The Hall–Kier alpha value is -0.340. The van der Waals surface area contributed by atoms with E-state index in [1.54, 1.807) is 5.57 Å². The smallest absolute Gasteiger partial charge is 0.0657 e. The van der Waals surface area contributed by atoms with Gasteiger partial charge in [-0.05, 0) is 118 Å². The fourth-order valence-corrected chi connectivity index (χ4v) is 8.41. The Morgan fingerprint density at radius 1 is 1.00 bits per heavy atom. The van der Waals surface area contributed by atoms with Crippen LogP contribution in [-0.2, 0) is 0 Å². The average Bonchev–Trinajstić information content (AvgIpc) is 3.01. The van der Waals surface area contributed by atoms with Crippen LogP contribution in [0.2, 0.25) is 0 Å². The predicted molar refractivity (Wildman–Crippen MR) is 120 cm³/mol. The molecule has 1 unspecified atom stereocenters. The number of rotatable bonds is 5. The van der Waals surface area contributed by atoms with Gasteiger partial charge in [-0.25, -0.2) is 0 Å². The van der Waals surface area contributed by atoms with Gasteiger partial charge in [-0.3, -0.25) is 0 Å². The largest absolute Gasteiger partial charge is 0.393 e. The van der Waals surface area contributed by atoms with Crippen molar-refractivity contribution in [2.24, 2.45) is 46.8 Å². The van der Waals surface area contributed by atoms with Crippen LogP contribution in [0.15, 0.2) is 11.6 Å². The summed E-state index contributed by atoms with van der Waals surface area (Å²) in [7, 11) is 0. The number of aliphatic hydroxyl groups excluding tert-OH is 1. The van der Waals surface area contributed by atoms with Crippen LogP contribution in [-0.4, -0.2) is 21.9 Å². The minimum Gasteiger partial charge on any atom is -0.393 e. The van der Waals surface area contributed by atoms with Crippen molar-refractivity contribution >= 4 is 0 Å². The first-order chi connectivity index (χ1) is 13.6. The number of hydrogen-bond donors (Lipinski definition) is 2. The van der Waals surface area contributed by atoms with Crippen LogP contribution in [0.3, 0.4) is 0 Å². The van der Waals surface area contributed by atoms with Gasteiger partial charge in [0, 0.05) is 0 Å². The lowest BCUT2D eigenvalue weighted by Gasteiger charge is -2.55. The van der Waals surface area contributed by atoms with Gasteiger partial charge in [0.2, 0.25) is 0 Å². The third-order valence-corrected chi connectivity index (χ3v) is 10.1. The maximum absolute atomic E-state index is 10.9. The summed E-state index contributed by atoms with van der Waals surface area (Å²) in [6.07, 6.45) is 14.2. The maximum Gasteiger partial charge on any atom is 0.0657 e. The molecule has 0 spiro atoms. The van der Waals surface area contributed by atoms with E-state index in [9.17, 15) is 10.2 Å². The molecule has 166 valence electrons. The molecule has 0 bridgehead atoms. The number of allylic oxidation sites excluding steroid dienone is 1. The predicted octanol–water partition coefficient (Wildman–Crippen LogP) is 6.36. The normalized spacial score (nSPS) is 46.5. The fourth-order valence-electron chi connectivity index (χ4n) is 8.41. The molecule has 0 aromatic rings. The van der Waals surface area contributed by atoms with Crippen molar-refractivity contribution in [1.29, 1.82) is 0 Å². The fraction of sp³-hybridized carbons (Fsp3) is 0.926. The lowest BCUT2D eigenvalue weighted by molar-refractivity contribution is -0.0537. The van der Waals surface area contributed by atoms with Crippen molar-refractivity contribution in [3.8, 4) is 0 Å². The lowest BCUT2D eigenvalue weighted by atomic mass is 9.50. The molecule has 2 heteroatoms. The molecule has 9 atom stereocenters. The van der Waals surface area contributed by atoms with Crippen molar-refractivity contribution in [2.45, 2.75) is 111 Å². The Labute approximate surface area is 179 Å². The summed E-state index contributed by atoms with van der Waals surface area (Å²) in [6.45, 7) is 11.5. The molecule has 0 aromatic carbocycles. The van der Waals surface area contributed by atoms with E-state index in [1.807, 2.05) is 6.92 Å². The number of aliphatic hydroxyl groups is 2. The molecule has 4 rings (SSSR count). The second-order valence-corrected chi connectivity index (χ2v) is 12.4. The Morgan fingerprint density at radius 2 is 1.76 bits per heavy atom. The van der Waals surface area contributed by atoms with Gasteiger partial charge in [0.05, 0.1) is 11.7 Å². The van der Waals surface area contributed by atoms with Gasteiger partial charge in [0.15, 0.2) is 0 Å². The lowest BCUT2D eigenvalue weighted by Crippen LogP contribution is -2.48. The van der Waals surface area contributed by atoms with E-state index >= 15 is 0 Å². The van der Waals surface area contributed by atoms with Gasteiger partial charge < -0.3 is 10.2 Å². The minimum absolute atomic E-state index is 0.130. The van der Waals surface area contributed by atoms with Gasteiger partial charge in [-0.2, -0.15) is 0 Å². The molecule has 0 heterocycles. The third-order valence-electron chi connectivity index (χ3n) is 10.1. The topological polar surface area (TPSA) is 40.5 Å². The Kier molecular flexibility index (Phi) is 6.01. The summed E-state index contributed by atoms with van der Waals surface area (Å²) in [4.78, 5) is 0. The zero-order valence-corrected chi connectivity index (χ0v) is 19.7. The molecule has 0 saturated heterocycles. The Balaban J connectivity index is 1.48. The molecule has 2 nitrogen and oxygen atoms in total. The van der Waals surface area contributed by atoms with Crippen molar-refractivity contribution < 1.29 is 10.2 Å². The van der Waals surface area contributed by atoms with E-state index in [2.05, 4.69) is 33.8 Å². The molecule has 0 amide bonds. The van der Waals surface area contributed by atoms with Gasteiger partial charge in [-0.1, -0.05) is 39.3 Å². The summed E-state index contributed by atoms with van der Waals surface area (Å²) in [5.74, 6) is 5.07. The summed E-state index contributed by atoms with van der Waals surface area (Å²) < 4.78 is 0. The highest BCUT2D eigenvalue weighted by molar-refractivity contribution is 5.21. The van der Waals surface area contributed by atoms with Crippen LogP contribution in [0.25, 0.3) is 0 Å². The molecule has 3 saturated carbocycles. The number of hydrogen-bond acceptors (Lipinski definition) is 2. The van der Waals surface area contributed by atoms with Crippen molar-refractivity contribution in [1.82, 2.24) is 0 Å². The van der Waals surface area contributed by atoms with Gasteiger partial charge in [0.1, 0.15) is 0 Å². The highest BCUT2D eigenvalue weighted by Gasteiger charge is 2.57. The minimum atomic E-state index is -0.474. The Morgan fingerprint density at radius 3 is 2.48 bits per heavy atom. The van der Waals surface area contributed by atoms with Gasteiger partial charge in [-0.15, -0.1) is 0 Å². The van der Waals surface area contributed by atoms with E-state index in [4.69, 9.17) is 0 Å². The second-order valence-electron chi connectivity index (χ2n) is 12.4. The first kappa shape index (κ1) is 21.9. The summed E-state index contributed by atoms with van der Waals surface area (Å²) in [5.41, 5.74) is 1.53. The zero-order chi connectivity index (χ0) is 21.0. The molecular weight excluding hydrogens is 356 g/mol. The van der Waals surface area contributed by atoms with Gasteiger partial charge >= 0.3 is 0 Å². The van der Waals surface area contributed by atoms with Crippen LogP contribution < -0.4 is 0 Å². The molecular formula is C27H46O2. The first-order valence-corrected chi connectivity index (χ1v) is 12.7. The van der Waals surface area contributed by atoms with E-state index in [-0.39, 0.29) is 6.10 Å². The van der Waals surface area contributed by atoms with Crippen molar-refractivity contribution in [3.63, 3.8) is 0 Å². The Bertz CT molecular complexity index is 620. The molecule has 0 radical (unpaired) electrons. The molecule has 29 heavy (non-hydrogen) atoms. The van der Waals surface area contributed by atoms with Crippen LogP contribution in [0, 0.1) is 46.8 Å². The van der Waals surface area contributed by atoms with E-state index in [0.717, 1.165) is 49.4 Å². The highest BCUT2D eigenvalue weighted by Crippen LogP contribution is 2.65.